The summed E-state index contributed by atoms with van der Waals surface area (Å²) in [7, 11) is 0. The molecule has 0 aliphatic rings. The average Bonchev–Trinajstić information content (AvgIpc) is 1.98. The number of benzene rings is 1. The molecule has 0 heterocycles. The van der Waals surface area contributed by atoms with Crippen molar-refractivity contribution in [3.63, 3.8) is 0 Å². The van der Waals surface area contributed by atoms with Crippen LogP contribution in [0.5, 0.6) is 0 Å². The lowest BCUT2D eigenvalue weighted by Gasteiger charge is -2.06. The minimum atomic E-state index is -0.702. The fourth-order valence-corrected chi connectivity index (χ4v) is 0.965. The molecular formula is C9H9F2NO. The molecule has 0 saturated carbocycles. The molecule has 4 heteroatoms. The Bertz CT molecular complexity index is 350. The molecule has 1 amide bonds. The lowest BCUT2D eigenvalue weighted by atomic mass is 10.2. The lowest BCUT2D eigenvalue weighted by Crippen LogP contribution is -2.08. The molecular weight excluding hydrogens is 176 g/mol. The molecule has 0 aliphatic heterocycles. The highest BCUT2D eigenvalue weighted by molar-refractivity contribution is 5.89. The molecule has 1 rings (SSSR count). The predicted octanol–water partition coefficient (Wildman–Crippen LogP) is 2.23. The zero-order valence-corrected chi connectivity index (χ0v) is 7.32. The van der Waals surface area contributed by atoms with Crippen LogP contribution >= 0.6 is 0 Å². The van der Waals surface area contributed by atoms with E-state index < -0.39 is 11.6 Å². The third kappa shape index (κ3) is 2.24. The fraction of sp³-hybridized carbons (Fsp3) is 0.222. The van der Waals surface area contributed by atoms with Gasteiger partial charge in [-0.05, 0) is 13.0 Å². The zero-order valence-electron chi connectivity index (χ0n) is 7.32. The number of carbonyl (C=O) groups excluding carboxylic acids is 1. The maximum atomic E-state index is 12.9. The van der Waals surface area contributed by atoms with Crippen LogP contribution in [0, 0.1) is 18.6 Å². The normalized spacial score (nSPS) is 9.85. The van der Waals surface area contributed by atoms with Gasteiger partial charge in [0.1, 0.15) is 11.6 Å². The third-order valence-electron chi connectivity index (χ3n) is 1.62. The Hall–Kier alpha value is -1.45. The van der Waals surface area contributed by atoms with E-state index in [9.17, 15) is 13.6 Å². The second kappa shape index (κ2) is 3.51. The van der Waals surface area contributed by atoms with Gasteiger partial charge in [-0.2, -0.15) is 0 Å². The quantitative estimate of drug-likeness (QED) is 0.714. The Labute approximate surface area is 74.6 Å². The van der Waals surface area contributed by atoms with Crippen LogP contribution in [0.4, 0.5) is 14.5 Å². The van der Waals surface area contributed by atoms with Crippen molar-refractivity contribution >= 4 is 11.6 Å². The monoisotopic (exact) mass is 185 g/mol. The van der Waals surface area contributed by atoms with Gasteiger partial charge in [-0.1, -0.05) is 0 Å². The number of hydrogen-bond donors (Lipinski definition) is 1. The molecule has 70 valence electrons. The topological polar surface area (TPSA) is 29.1 Å². The summed E-state index contributed by atoms with van der Waals surface area (Å²) in [6.45, 7) is 2.75. The minimum absolute atomic E-state index is 0.171. The number of amides is 1. The summed E-state index contributed by atoms with van der Waals surface area (Å²) in [5.74, 6) is -1.72. The van der Waals surface area contributed by atoms with Gasteiger partial charge >= 0.3 is 0 Å². The summed E-state index contributed by atoms with van der Waals surface area (Å²) in [4.78, 5) is 10.6. The number of anilines is 1. The molecule has 1 aromatic rings. The maximum Gasteiger partial charge on any atom is 0.221 e. The highest BCUT2D eigenvalue weighted by atomic mass is 19.1. The Kier molecular flexibility index (Phi) is 2.60. The van der Waals surface area contributed by atoms with Crippen LogP contribution in [0.25, 0.3) is 0 Å². The third-order valence-corrected chi connectivity index (χ3v) is 1.62. The Morgan fingerprint density at radius 1 is 1.38 bits per heavy atom. The van der Waals surface area contributed by atoms with Gasteiger partial charge < -0.3 is 5.32 Å². The first-order valence-corrected chi connectivity index (χ1v) is 3.74. The molecule has 0 saturated heterocycles. The standard InChI is InChI=1S/C9H9F2NO/c1-5-8(11)3-7(10)4-9(5)12-6(2)13/h3-4H,1-2H3,(H,12,13). The van der Waals surface area contributed by atoms with Gasteiger partial charge in [0, 0.05) is 24.2 Å². The summed E-state index contributed by atoms with van der Waals surface area (Å²) in [5.41, 5.74) is 0.404. The number of hydrogen-bond acceptors (Lipinski definition) is 1. The molecule has 0 aromatic heterocycles. The van der Waals surface area contributed by atoms with E-state index in [2.05, 4.69) is 5.32 Å². The lowest BCUT2D eigenvalue weighted by molar-refractivity contribution is -0.114. The maximum absolute atomic E-state index is 12.9. The smallest absolute Gasteiger partial charge is 0.221 e. The fourth-order valence-electron chi connectivity index (χ4n) is 0.965. The van der Waals surface area contributed by atoms with Gasteiger partial charge in [-0.15, -0.1) is 0 Å². The first-order chi connectivity index (χ1) is 6.00. The van der Waals surface area contributed by atoms with Crippen LogP contribution in [0.3, 0.4) is 0 Å². The van der Waals surface area contributed by atoms with Crippen molar-refractivity contribution in [3.8, 4) is 0 Å². The van der Waals surface area contributed by atoms with Crippen molar-refractivity contribution in [2.45, 2.75) is 13.8 Å². The molecule has 0 radical (unpaired) electrons. The highest BCUT2D eigenvalue weighted by Gasteiger charge is 2.07. The van der Waals surface area contributed by atoms with Gasteiger partial charge in [-0.25, -0.2) is 8.78 Å². The van der Waals surface area contributed by atoms with E-state index in [1.54, 1.807) is 0 Å². The van der Waals surface area contributed by atoms with Crippen LogP contribution in [0.1, 0.15) is 12.5 Å². The molecule has 0 bridgehead atoms. The zero-order chi connectivity index (χ0) is 10.0. The van der Waals surface area contributed by atoms with Crippen LogP contribution in [-0.4, -0.2) is 5.91 Å². The summed E-state index contributed by atoms with van der Waals surface area (Å²) in [5, 5.41) is 2.34. The van der Waals surface area contributed by atoms with Crippen LogP contribution < -0.4 is 5.32 Å². The molecule has 2 nitrogen and oxygen atoms in total. The van der Waals surface area contributed by atoms with Crippen molar-refractivity contribution in [1.82, 2.24) is 0 Å². The Morgan fingerprint density at radius 3 is 2.54 bits per heavy atom. The Balaban J connectivity index is 3.12. The van der Waals surface area contributed by atoms with E-state index in [-0.39, 0.29) is 17.2 Å². The van der Waals surface area contributed by atoms with Gasteiger partial charge in [0.15, 0.2) is 0 Å². The molecule has 0 unspecified atom stereocenters. The molecule has 13 heavy (non-hydrogen) atoms. The summed E-state index contributed by atoms with van der Waals surface area (Å²) >= 11 is 0. The van der Waals surface area contributed by atoms with Gasteiger partial charge in [0.2, 0.25) is 5.91 Å². The minimum Gasteiger partial charge on any atom is -0.326 e. The summed E-state index contributed by atoms with van der Waals surface area (Å²) < 4.78 is 25.6. The van der Waals surface area contributed by atoms with E-state index in [1.165, 1.54) is 13.8 Å². The van der Waals surface area contributed by atoms with Crippen molar-refractivity contribution < 1.29 is 13.6 Å². The van der Waals surface area contributed by atoms with Gasteiger partial charge in [-0.3, -0.25) is 4.79 Å². The van der Waals surface area contributed by atoms with Gasteiger partial charge in [0.05, 0.1) is 0 Å². The first-order valence-electron chi connectivity index (χ1n) is 3.74. The van der Waals surface area contributed by atoms with E-state index >= 15 is 0 Å². The molecule has 1 N–H and O–H groups in total. The van der Waals surface area contributed by atoms with E-state index in [0.29, 0.717) is 0 Å². The van der Waals surface area contributed by atoms with Crippen molar-refractivity contribution in [2.75, 3.05) is 5.32 Å². The molecule has 1 aromatic carbocycles. The predicted molar refractivity (Wildman–Crippen MR) is 45.4 cm³/mol. The van der Waals surface area contributed by atoms with E-state index in [4.69, 9.17) is 0 Å². The second-order valence-electron chi connectivity index (χ2n) is 2.74. The Morgan fingerprint density at radius 2 is 2.00 bits per heavy atom. The van der Waals surface area contributed by atoms with Crippen LogP contribution in [0.2, 0.25) is 0 Å². The van der Waals surface area contributed by atoms with Crippen molar-refractivity contribution in [2.24, 2.45) is 0 Å². The van der Waals surface area contributed by atoms with E-state index in [0.717, 1.165) is 12.1 Å². The summed E-state index contributed by atoms with van der Waals surface area (Å²) in [6, 6.07) is 1.86. The van der Waals surface area contributed by atoms with Crippen LogP contribution in [0.15, 0.2) is 12.1 Å². The molecule has 0 spiro atoms. The second-order valence-corrected chi connectivity index (χ2v) is 2.74. The molecule has 0 fully saturated rings. The summed E-state index contributed by atoms with van der Waals surface area (Å²) in [6.07, 6.45) is 0. The number of rotatable bonds is 1. The average molecular weight is 185 g/mol. The molecule has 0 atom stereocenters. The SMILES string of the molecule is CC(=O)Nc1cc(F)cc(F)c1C. The van der Waals surface area contributed by atoms with Crippen LogP contribution in [-0.2, 0) is 4.79 Å². The van der Waals surface area contributed by atoms with Crippen molar-refractivity contribution in [1.29, 1.82) is 0 Å². The van der Waals surface area contributed by atoms with Gasteiger partial charge in [0.25, 0.3) is 0 Å². The van der Waals surface area contributed by atoms with Crippen molar-refractivity contribution in [3.05, 3.63) is 29.3 Å². The number of carbonyl (C=O) groups is 1. The molecule has 0 aliphatic carbocycles. The van der Waals surface area contributed by atoms with E-state index in [1.807, 2.05) is 0 Å². The largest absolute Gasteiger partial charge is 0.326 e. The highest BCUT2D eigenvalue weighted by Crippen LogP contribution is 2.19. The number of nitrogens with one attached hydrogen (secondary N) is 1. The number of halogens is 2. The first kappa shape index (κ1) is 9.64.